The van der Waals surface area contributed by atoms with E-state index in [0.717, 1.165) is 16.8 Å². The molecule has 5 heteroatoms. The Balaban J connectivity index is 0. The topological polar surface area (TPSA) is 17.1 Å². The molecule has 0 radical (unpaired) electrons. The lowest BCUT2D eigenvalue weighted by Gasteiger charge is -2.24. The van der Waals surface area contributed by atoms with Crippen LogP contribution in [0, 0.1) is 0 Å². The molecule has 0 spiro atoms. The molecule has 0 bridgehead atoms. The van der Waals surface area contributed by atoms with Gasteiger partial charge in [0, 0.05) is 11.9 Å². The molecule has 0 heterocycles. The van der Waals surface area contributed by atoms with Crippen molar-refractivity contribution in [3.8, 4) is 0 Å². The monoisotopic (exact) mass is 349 g/mol. The number of halogens is 1. The number of rotatable bonds is 6. The number of quaternary nitrogens is 1. The predicted octanol–water partition coefficient (Wildman–Crippen LogP) is -0.476. The molecule has 0 saturated heterocycles. The van der Waals surface area contributed by atoms with E-state index >= 15 is 0 Å². The Labute approximate surface area is 109 Å². The lowest BCUT2D eigenvalue weighted by atomic mass is 10.6. The van der Waals surface area contributed by atoms with Gasteiger partial charge in [-0.25, -0.2) is 0 Å². The molecule has 0 N–H and O–H groups in total. The first kappa shape index (κ1) is 17.4. The second kappa shape index (κ2) is 7.31. The molecule has 1 unspecified atom stereocenters. The highest BCUT2D eigenvalue weighted by Gasteiger charge is 2.15. The van der Waals surface area contributed by atoms with Crippen LogP contribution in [0.1, 0.15) is 0 Å². The summed E-state index contributed by atoms with van der Waals surface area (Å²) >= 11 is 1.60. The van der Waals surface area contributed by atoms with Crippen LogP contribution in [0.3, 0.4) is 0 Å². The van der Waals surface area contributed by atoms with E-state index in [4.69, 9.17) is 0 Å². The van der Waals surface area contributed by atoms with Crippen molar-refractivity contribution in [2.75, 3.05) is 46.3 Å². The minimum Gasteiger partial charge on any atom is -1.00 e. The normalized spacial score (nSPS) is 15.4. The highest BCUT2D eigenvalue weighted by atomic mass is 127. The van der Waals surface area contributed by atoms with E-state index in [0.29, 0.717) is 6.16 Å². The minimum absolute atomic E-state index is 0. The van der Waals surface area contributed by atoms with Gasteiger partial charge in [0.15, 0.2) is 0 Å². The molecule has 0 aliphatic carbocycles. The van der Waals surface area contributed by atoms with E-state index in [1.165, 1.54) is 0 Å². The third-order valence-electron chi connectivity index (χ3n) is 1.59. The van der Waals surface area contributed by atoms with Crippen molar-refractivity contribution in [2.45, 2.75) is 0 Å². The lowest BCUT2D eigenvalue weighted by molar-refractivity contribution is -0.867. The highest BCUT2D eigenvalue weighted by molar-refractivity contribution is 8.57. The zero-order valence-corrected chi connectivity index (χ0v) is 13.4. The van der Waals surface area contributed by atoms with Crippen molar-refractivity contribution in [1.82, 2.24) is 0 Å². The van der Waals surface area contributed by atoms with Crippen molar-refractivity contribution >= 4 is 17.7 Å². The van der Waals surface area contributed by atoms with Gasteiger partial charge in [-0.05, 0) is 6.66 Å². The van der Waals surface area contributed by atoms with Crippen LogP contribution < -0.4 is 24.0 Å². The Morgan fingerprint density at radius 3 is 2.29 bits per heavy atom. The second-order valence-corrected chi connectivity index (χ2v) is 10.5. The summed E-state index contributed by atoms with van der Waals surface area (Å²) in [6.07, 6.45) is 0.407. The first-order valence-electron chi connectivity index (χ1n) is 4.39. The molecule has 14 heavy (non-hydrogen) atoms. The maximum absolute atomic E-state index is 11.8. The lowest BCUT2D eigenvalue weighted by Crippen LogP contribution is -3.00. The summed E-state index contributed by atoms with van der Waals surface area (Å²) in [7, 11) is 6.44. The summed E-state index contributed by atoms with van der Waals surface area (Å²) < 4.78 is 12.7. The largest absolute Gasteiger partial charge is 1.00 e. The van der Waals surface area contributed by atoms with Gasteiger partial charge < -0.3 is 33.0 Å². The molecule has 0 aliphatic rings. The van der Waals surface area contributed by atoms with Gasteiger partial charge in [0.1, 0.15) is 6.34 Å². The van der Waals surface area contributed by atoms with E-state index in [9.17, 15) is 4.57 Å². The maximum atomic E-state index is 11.8. The minimum atomic E-state index is -1.99. The van der Waals surface area contributed by atoms with Crippen molar-refractivity contribution in [3.63, 3.8) is 0 Å². The molecule has 2 nitrogen and oxygen atoms in total. The smallest absolute Gasteiger partial charge is 0.140 e. The molecule has 1 atom stereocenters. The summed E-state index contributed by atoms with van der Waals surface area (Å²) in [6.45, 7) is 6.51. The average Bonchev–Trinajstić information content (AvgIpc) is 1.82. The first-order valence-corrected chi connectivity index (χ1v) is 8.32. The molecule has 0 aromatic rings. The van der Waals surface area contributed by atoms with Crippen LogP contribution in [0.25, 0.3) is 0 Å². The third-order valence-corrected chi connectivity index (χ3v) is 6.05. The molecule has 0 rings (SSSR count). The molecule has 0 aliphatic heterocycles. The fraction of sp³-hybridized carbons (Fsp3) is 0.778. The molecule has 0 fully saturated rings. The van der Waals surface area contributed by atoms with Crippen LogP contribution in [0.5, 0.6) is 0 Å². The average molecular weight is 349 g/mol. The summed E-state index contributed by atoms with van der Waals surface area (Å²) in [6, 6.07) is 0. The number of hydrogen-bond acceptors (Lipinski definition) is 2. The van der Waals surface area contributed by atoms with Gasteiger partial charge in [0.25, 0.3) is 0 Å². The van der Waals surface area contributed by atoms with E-state index in [2.05, 4.69) is 27.7 Å². The van der Waals surface area contributed by atoms with Gasteiger partial charge in [0.2, 0.25) is 0 Å². The van der Waals surface area contributed by atoms with Crippen molar-refractivity contribution in [3.05, 3.63) is 12.7 Å². The first-order chi connectivity index (χ1) is 5.77. The fourth-order valence-electron chi connectivity index (χ4n) is 0.795. The quantitative estimate of drug-likeness (QED) is 0.279. The molecule has 0 saturated carbocycles. The van der Waals surface area contributed by atoms with Gasteiger partial charge in [0.05, 0.1) is 27.7 Å². The van der Waals surface area contributed by atoms with E-state index < -0.39 is 6.34 Å². The van der Waals surface area contributed by atoms with Crippen molar-refractivity contribution < 1.29 is 33.0 Å². The van der Waals surface area contributed by atoms with Crippen molar-refractivity contribution in [2.24, 2.45) is 0 Å². The molecule has 0 aromatic carbocycles. The van der Waals surface area contributed by atoms with E-state index in [1.54, 1.807) is 17.5 Å². The van der Waals surface area contributed by atoms with Crippen LogP contribution >= 0.6 is 17.7 Å². The fourth-order valence-corrected chi connectivity index (χ4v) is 4.42. The Kier molecular flexibility index (Phi) is 9.09. The Bertz CT molecular complexity index is 215. The Hall–Kier alpha value is 1.01. The summed E-state index contributed by atoms with van der Waals surface area (Å²) in [4.78, 5) is 0. The molecule has 0 aromatic heterocycles. The number of allylic oxidation sites excluding steroid dienone is 1. The highest BCUT2D eigenvalue weighted by Crippen LogP contribution is 2.54. The third kappa shape index (κ3) is 11.1. The summed E-state index contributed by atoms with van der Waals surface area (Å²) in [5, 5.41) is 0. The molecular formula is C9H21INOPS. The van der Waals surface area contributed by atoms with Gasteiger partial charge in [-0.15, -0.1) is 6.58 Å². The van der Waals surface area contributed by atoms with E-state index in [1.807, 2.05) is 6.66 Å². The molecule has 0 amide bonds. The molecule has 86 valence electrons. The van der Waals surface area contributed by atoms with Crippen LogP contribution in [-0.2, 0) is 4.57 Å². The maximum Gasteiger partial charge on any atom is 0.140 e. The summed E-state index contributed by atoms with van der Waals surface area (Å²) in [5.74, 6) is 0.963. The van der Waals surface area contributed by atoms with Gasteiger partial charge >= 0.3 is 0 Å². The van der Waals surface area contributed by atoms with Crippen LogP contribution in [-0.4, -0.2) is 50.8 Å². The predicted molar refractivity (Wildman–Crippen MR) is 64.0 cm³/mol. The Morgan fingerprint density at radius 1 is 1.43 bits per heavy atom. The van der Waals surface area contributed by atoms with Gasteiger partial charge in [-0.1, -0.05) is 17.5 Å². The standard InChI is InChI=1S/C9H21NOPS.HI/c1-6-8-12(5,11)13-9-7-10(2,3)4;/h6H,1,7-9H2,2-5H3;1H/q+1;/p-1. The van der Waals surface area contributed by atoms with Crippen LogP contribution in [0.4, 0.5) is 0 Å². The zero-order chi connectivity index (χ0) is 10.5. The second-order valence-electron chi connectivity index (χ2n) is 4.33. The van der Waals surface area contributed by atoms with Crippen LogP contribution in [0.2, 0.25) is 0 Å². The van der Waals surface area contributed by atoms with Crippen LogP contribution in [0.15, 0.2) is 12.7 Å². The van der Waals surface area contributed by atoms with Crippen molar-refractivity contribution in [1.29, 1.82) is 0 Å². The zero-order valence-electron chi connectivity index (χ0n) is 9.49. The van der Waals surface area contributed by atoms with E-state index in [-0.39, 0.29) is 24.0 Å². The Morgan fingerprint density at radius 2 is 1.93 bits per heavy atom. The molecular weight excluding hydrogens is 328 g/mol. The van der Waals surface area contributed by atoms with Gasteiger partial charge in [-0.3, -0.25) is 0 Å². The SMILES string of the molecule is C=CCP(C)(=O)SCC[N+](C)(C)C.[I-]. The van der Waals surface area contributed by atoms with Gasteiger partial charge in [-0.2, -0.15) is 0 Å². The number of nitrogens with zero attached hydrogens (tertiary/aromatic N) is 1. The summed E-state index contributed by atoms with van der Waals surface area (Å²) in [5.41, 5.74) is 0. The number of hydrogen-bond donors (Lipinski definition) is 0.